The van der Waals surface area contributed by atoms with Crippen molar-refractivity contribution >= 4 is 5.78 Å². The van der Waals surface area contributed by atoms with Crippen LogP contribution >= 0.6 is 0 Å². The zero-order valence-corrected chi connectivity index (χ0v) is 9.51. The van der Waals surface area contributed by atoms with Crippen LogP contribution in [0.15, 0.2) is 29.8 Å². The van der Waals surface area contributed by atoms with Crippen molar-refractivity contribution in [2.45, 2.75) is 32.1 Å². The molecule has 2 rings (SSSR count). The molecule has 90 valence electrons. The Hall–Kier alpha value is -1.51. The third-order valence-corrected chi connectivity index (χ3v) is 3.03. The van der Waals surface area contributed by atoms with E-state index in [0.717, 1.165) is 37.3 Å². The highest BCUT2D eigenvalue weighted by molar-refractivity contribution is 5.96. The van der Waals surface area contributed by atoms with Crippen LogP contribution in [-0.2, 0) is 11.2 Å². The van der Waals surface area contributed by atoms with Gasteiger partial charge in [0, 0.05) is 6.42 Å². The largest absolute Gasteiger partial charge is 0.294 e. The smallest absolute Gasteiger partial charge is 0.163 e. The lowest BCUT2D eigenvalue weighted by Crippen LogP contribution is -2.10. The van der Waals surface area contributed by atoms with Crippen molar-refractivity contribution < 1.29 is 13.6 Å². The summed E-state index contributed by atoms with van der Waals surface area (Å²) in [5.74, 6) is -1.89. The number of Topliss-reactive ketones (excluding diaryl/α,β-unsaturated/α-hetero) is 1. The first-order valence-corrected chi connectivity index (χ1v) is 5.83. The van der Waals surface area contributed by atoms with Gasteiger partial charge in [-0.15, -0.1) is 0 Å². The Kier molecular flexibility index (Phi) is 3.67. The number of carbonyl (C=O) groups is 1. The Bertz CT molecular complexity index is 463. The molecule has 1 aliphatic rings. The lowest BCUT2D eigenvalue weighted by atomic mass is 9.93. The molecule has 3 heteroatoms. The Morgan fingerprint density at radius 2 is 2.06 bits per heavy atom. The van der Waals surface area contributed by atoms with Crippen molar-refractivity contribution in [2.24, 2.45) is 0 Å². The van der Waals surface area contributed by atoms with E-state index < -0.39 is 11.6 Å². The van der Waals surface area contributed by atoms with Gasteiger partial charge in [0.15, 0.2) is 17.4 Å². The SMILES string of the molecule is O=C(Cc1cccc(F)c1F)C1=CCCCC1. The van der Waals surface area contributed by atoms with E-state index in [4.69, 9.17) is 0 Å². The molecule has 0 saturated carbocycles. The van der Waals surface area contributed by atoms with Crippen molar-refractivity contribution in [3.05, 3.63) is 47.0 Å². The van der Waals surface area contributed by atoms with Crippen LogP contribution in [0.2, 0.25) is 0 Å². The summed E-state index contributed by atoms with van der Waals surface area (Å²) in [5.41, 5.74) is 0.904. The predicted molar refractivity (Wildman–Crippen MR) is 61.6 cm³/mol. The number of benzene rings is 1. The van der Waals surface area contributed by atoms with Gasteiger partial charge in [-0.2, -0.15) is 0 Å². The van der Waals surface area contributed by atoms with Crippen LogP contribution in [0.1, 0.15) is 31.2 Å². The molecule has 1 aliphatic carbocycles. The quantitative estimate of drug-likeness (QED) is 0.784. The average molecular weight is 236 g/mol. The zero-order chi connectivity index (χ0) is 12.3. The van der Waals surface area contributed by atoms with Gasteiger partial charge in [0.25, 0.3) is 0 Å². The molecule has 0 saturated heterocycles. The van der Waals surface area contributed by atoms with Crippen molar-refractivity contribution in [3.63, 3.8) is 0 Å². The van der Waals surface area contributed by atoms with Gasteiger partial charge in [-0.1, -0.05) is 18.2 Å². The number of hydrogen-bond donors (Lipinski definition) is 0. The minimum atomic E-state index is -0.905. The van der Waals surface area contributed by atoms with Crippen molar-refractivity contribution in [2.75, 3.05) is 0 Å². The summed E-state index contributed by atoms with van der Waals surface area (Å²) in [4.78, 5) is 11.9. The number of halogens is 2. The maximum absolute atomic E-state index is 13.4. The molecule has 1 aromatic rings. The van der Waals surface area contributed by atoms with E-state index in [0.29, 0.717) is 0 Å². The van der Waals surface area contributed by atoms with E-state index in [1.54, 1.807) is 0 Å². The molecule has 0 radical (unpaired) electrons. The predicted octanol–water partition coefficient (Wildman–Crippen LogP) is 3.58. The average Bonchev–Trinajstić information content (AvgIpc) is 2.36. The number of ketones is 1. The highest BCUT2D eigenvalue weighted by atomic mass is 19.2. The van der Waals surface area contributed by atoms with Gasteiger partial charge >= 0.3 is 0 Å². The number of allylic oxidation sites excluding steroid dienone is 2. The fourth-order valence-corrected chi connectivity index (χ4v) is 2.06. The molecule has 17 heavy (non-hydrogen) atoms. The van der Waals surface area contributed by atoms with Crippen molar-refractivity contribution in [1.29, 1.82) is 0 Å². The third kappa shape index (κ3) is 2.78. The number of rotatable bonds is 3. The van der Waals surface area contributed by atoms with Crippen LogP contribution < -0.4 is 0 Å². The van der Waals surface area contributed by atoms with Gasteiger partial charge in [0.2, 0.25) is 0 Å². The highest BCUT2D eigenvalue weighted by Gasteiger charge is 2.16. The summed E-state index contributed by atoms with van der Waals surface area (Å²) in [7, 11) is 0. The number of hydrogen-bond acceptors (Lipinski definition) is 1. The Morgan fingerprint density at radius 3 is 2.76 bits per heavy atom. The second kappa shape index (κ2) is 5.21. The molecule has 0 fully saturated rings. The summed E-state index contributed by atoms with van der Waals surface area (Å²) >= 11 is 0. The monoisotopic (exact) mass is 236 g/mol. The third-order valence-electron chi connectivity index (χ3n) is 3.03. The summed E-state index contributed by atoms with van der Waals surface area (Å²) in [6.07, 6.45) is 5.65. The Labute approximate surface area is 99.1 Å². The van der Waals surface area contributed by atoms with Crippen LogP contribution in [0.3, 0.4) is 0 Å². The molecule has 1 nitrogen and oxygen atoms in total. The molecular weight excluding hydrogens is 222 g/mol. The Morgan fingerprint density at radius 1 is 1.24 bits per heavy atom. The topological polar surface area (TPSA) is 17.1 Å². The van der Waals surface area contributed by atoms with Gasteiger partial charge in [0.05, 0.1) is 0 Å². The van der Waals surface area contributed by atoms with Crippen LogP contribution in [0.4, 0.5) is 8.78 Å². The molecule has 0 aliphatic heterocycles. The molecule has 0 bridgehead atoms. The molecular formula is C14H14F2O. The van der Waals surface area contributed by atoms with E-state index in [9.17, 15) is 13.6 Å². The molecule has 0 heterocycles. The lowest BCUT2D eigenvalue weighted by molar-refractivity contribution is -0.115. The minimum absolute atomic E-state index is 0.0462. The first-order valence-electron chi connectivity index (χ1n) is 5.83. The maximum Gasteiger partial charge on any atom is 0.163 e. The van der Waals surface area contributed by atoms with E-state index >= 15 is 0 Å². The van der Waals surface area contributed by atoms with Gasteiger partial charge in [-0.05, 0) is 42.9 Å². The zero-order valence-electron chi connectivity index (χ0n) is 9.51. The first kappa shape index (κ1) is 12.0. The second-order valence-electron chi connectivity index (χ2n) is 4.29. The maximum atomic E-state index is 13.4. The van der Waals surface area contributed by atoms with E-state index in [1.165, 1.54) is 12.1 Å². The van der Waals surface area contributed by atoms with Crippen LogP contribution in [0, 0.1) is 11.6 Å². The van der Waals surface area contributed by atoms with Gasteiger partial charge < -0.3 is 0 Å². The molecule has 0 N–H and O–H groups in total. The molecule has 0 aromatic heterocycles. The molecule has 0 atom stereocenters. The van der Waals surface area contributed by atoms with Crippen molar-refractivity contribution in [3.8, 4) is 0 Å². The fourth-order valence-electron chi connectivity index (χ4n) is 2.06. The second-order valence-corrected chi connectivity index (χ2v) is 4.29. The van der Waals surface area contributed by atoms with Gasteiger partial charge in [-0.3, -0.25) is 4.79 Å². The summed E-state index contributed by atoms with van der Waals surface area (Å²) < 4.78 is 26.4. The van der Waals surface area contributed by atoms with Gasteiger partial charge in [0.1, 0.15) is 0 Å². The van der Waals surface area contributed by atoms with Crippen molar-refractivity contribution in [1.82, 2.24) is 0 Å². The Balaban J connectivity index is 2.13. The van der Waals surface area contributed by atoms with Crippen LogP contribution in [0.25, 0.3) is 0 Å². The standard InChI is InChI=1S/C14H14F2O/c15-12-8-4-7-11(14(12)16)9-13(17)10-5-2-1-3-6-10/h4-5,7-8H,1-3,6,9H2. The first-order chi connectivity index (χ1) is 8.18. The molecule has 1 aromatic carbocycles. The highest BCUT2D eigenvalue weighted by Crippen LogP contribution is 2.20. The van der Waals surface area contributed by atoms with Crippen LogP contribution in [0.5, 0.6) is 0 Å². The lowest BCUT2D eigenvalue weighted by Gasteiger charge is -2.11. The van der Waals surface area contributed by atoms with E-state index in [-0.39, 0.29) is 17.8 Å². The normalized spacial score (nSPS) is 15.5. The minimum Gasteiger partial charge on any atom is -0.294 e. The molecule has 0 unspecified atom stereocenters. The summed E-state index contributed by atoms with van der Waals surface area (Å²) in [6.45, 7) is 0. The van der Waals surface area contributed by atoms with Crippen LogP contribution in [-0.4, -0.2) is 5.78 Å². The fraction of sp³-hybridized carbons (Fsp3) is 0.357. The van der Waals surface area contributed by atoms with E-state index in [1.807, 2.05) is 6.08 Å². The van der Waals surface area contributed by atoms with Gasteiger partial charge in [-0.25, -0.2) is 8.78 Å². The summed E-state index contributed by atoms with van der Waals surface area (Å²) in [6, 6.07) is 3.94. The molecule has 0 spiro atoms. The summed E-state index contributed by atoms with van der Waals surface area (Å²) in [5, 5.41) is 0. The van der Waals surface area contributed by atoms with E-state index in [2.05, 4.69) is 0 Å². The molecule has 0 amide bonds. The number of carbonyl (C=O) groups excluding carboxylic acids is 1.